The molecule has 0 amide bonds. The summed E-state index contributed by atoms with van der Waals surface area (Å²) in [5.74, 6) is 1.03. The maximum Gasteiger partial charge on any atom is 0.122 e. The van der Waals surface area contributed by atoms with Gasteiger partial charge in [0.1, 0.15) is 5.75 Å². The molecule has 88 valence electrons. The van der Waals surface area contributed by atoms with Gasteiger partial charge in [-0.1, -0.05) is 12.1 Å². The van der Waals surface area contributed by atoms with E-state index in [1.165, 1.54) is 11.1 Å². The zero-order chi connectivity index (χ0) is 11.5. The number of ether oxygens (including phenoxy) is 1. The summed E-state index contributed by atoms with van der Waals surface area (Å²) in [5.41, 5.74) is 2.76. The molecule has 1 aliphatic rings. The Hall–Kier alpha value is -1.06. The molecule has 16 heavy (non-hydrogen) atoms. The highest BCUT2D eigenvalue weighted by molar-refractivity contribution is 5.43. The van der Waals surface area contributed by atoms with E-state index >= 15 is 0 Å². The van der Waals surface area contributed by atoms with Crippen molar-refractivity contribution in [3.05, 3.63) is 29.3 Å². The Morgan fingerprint density at radius 3 is 2.94 bits per heavy atom. The normalized spacial score (nSPS) is 19.6. The Bertz CT molecular complexity index is 363. The van der Waals surface area contributed by atoms with Crippen LogP contribution in [0, 0.1) is 0 Å². The highest BCUT2D eigenvalue weighted by Crippen LogP contribution is 2.30. The van der Waals surface area contributed by atoms with Crippen LogP contribution in [0.5, 0.6) is 5.75 Å². The summed E-state index contributed by atoms with van der Waals surface area (Å²) in [6, 6.07) is 6.76. The van der Waals surface area contributed by atoms with Crippen molar-refractivity contribution in [3.8, 4) is 5.75 Å². The Morgan fingerprint density at radius 1 is 1.44 bits per heavy atom. The topological polar surface area (TPSA) is 24.5 Å². The van der Waals surface area contributed by atoms with E-state index in [0.717, 1.165) is 25.3 Å². The third-order valence-corrected chi connectivity index (χ3v) is 3.08. The number of benzene rings is 1. The number of likely N-dealkylation sites (N-methyl/N-ethyl adjacent to an activating group) is 1. The molecule has 1 atom stereocenters. The summed E-state index contributed by atoms with van der Waals surface area (Å²) in [6.07, 6.45) is 1.06. The molecule has 0 aliphatic carbocycles. The van der Waals surface area contributed by atoms with Gasteiger partial charge < -0.3 is 15.0 Å². The van der Waals surface area contributed by atoms with Gasteiger partial charge in [0.05, 0.1) is 7.11 Å². The highest BCUT2D eigenvalue weighted by atomic mass is 16.5. The van der Waals surface area contributed by atoms with Crippen LogP contribution in [0.3, 0.4) is 0 Å². The molecule has 0 aromatic heterocycles. The third kappa shape index (κ3) is 2.20. The van der Waals surface area contributed by atoms with Gasteiger partial charge in [0.2, 0.25) is 0 Å². The number of nitrogens with zero attached hydrogens (tertiary/aromatic N) is 1. The molecular weight excluding hydrogens is 200 g/mol. The van der Waals surface area contributed by atoms with Gasteiger partial charge in [0.25, 0.3) is 0 Å². The van der Waals surface area contributed by atoms with E-state index < -0.39 is 0 Å². The van der Waals surface area contributed by atoms with E-state index in [1.54, 1.807) is 7.11 Å². The molecule has 1 aromatic rings. The maximum absolute atomic E-state index is 5.42. The molecule has 0 bridgehead atoms. The maximum atomic E-state index is 5.42. The summed E-state index contributed by atoms with van der Waals surface area (Å²) < 4.78 is 5.42. The van der Waals surface area contributed by atoms with Gasteiger partial charge in [0, 0.05) is 18.2 Å². The third-order valence-electron chi connectivity index (χ3n) is 3.08. The largest absolute Gasteiger partial charge is 0.496 e. The number of hydrogen-bond acceptors (Lipinski definition) is 3. The fraction of sp³-hybridized carbons (Fsp3) is 0.538. The molecule has 0 saturated heterocycles. The number of hydrogen-bond donors (Lipinski definition) is 1. The first-order valence-corrected chi connectivity index (χ1v) is 5.76. The Balaban J connectivity index is 2.31. The van der Waals surface area contributed by atoms with Gasteiger partial charge in [-0.3, -0.25) is 0 Å². The fourth-order valence-corrected chi connectivity index (χ4v) is 2.38. The molecule has 1 aliphatic heterocycles. The minimum absolute atomic E-state index is 0.425. The second-order valence-corrected chi connectivity index (χ2v) is 4.55. The Kier molecular flexibility index (Phi) is 3.46. The highest BCUT2D eigenvalue weighted by Gasteiger charge is 2.22. The van der Waals surface area contributed by atoms with Crippen molar-refractivity contribution in [1.29, 1.82) is 0 Å². The number of fused-ring (bicyclic) bond motifs is 1. The van der Waals surface area contributed by atoms with Crippen LogP contribution in [0.4, 0.5) is 0 Å². The molecule has 1 aromatic carbocycles. The van der Waals surface area contributed by atoms with Gasteiger partial charge in [0.15, 0.2) is 0 Å². The van der Waals surface area contributed by atoms with Gasteiger partial charge in [-0.05, 0) is 38.7 Å². The summed E-state index contributed by atoms with van der Waals surface area (Å²) >= 11 is 0. The second-order valence-electron chi connectivity index (χ2n) is 4.55. The lowest BCUT2D eigenvalue weighted by molar-refractivity contribution is 0.330. The molecule has 1 unspecified atom stereocenters. The van der Waals surface area contributed by atoms with E-state index in [0.29, 0.717) is 6.04 Å². The van der Waals surface area contributed by atoms with Crippen LogP contribution in [-0.4, -0.2) is 39.2 Å². The van der Waals surface area contributed by atoms with E-state index in [1.807, 2.05) is 0 Å². The molecule has 1 N–H and O–H groups in total. The van der Waals surface area contributed by atoms with E-state index in [-0.39, 0.29) is 0 Å². The molecular formula is C13H20N2O. The molecule has 0 fully saturated rings. The number of nitrogens with one attached hydrogen (secondary N) is 1. The SMILES string of the molecule is COc1cccc2c1CCNC2CN(C)C. The molecule has 0 spiro atoms. The van der Waals surface area contributed by atoms with Crippen molar-refractivity contribution >= 4 is 0 Å². The molecule has 3 nitrogen and oxygen atoms in total. The van der Waals surface area contributed by atoms with Crippen molar-refractivity contribution in [2.24, 2.45) is 0 Å². The van der Waals surface area contributed by atoms with Crippen molar-refractivity contribution in [2.45, 2.75) is 12.5 Å². The van der Waals surface area contributed by atoms with Crippen LogP contribution in [0.1, 0.15) is 17.2 Å². The van der Waals surface area contributed by atoms with Gasteiger partial charge >= 0.3 is 0 Å². The molecule has 1 heterocycles. The first-order valence-electron chi connectivity index (χ1n) is 5.76. The Labute approximate surface area is 97.4 Å². The quantitative estimate of drug-likeness (QED) is 0.834. The van der Waals surface area contributed by atoms with Crippen molar-refractivity contribution in [2.75, 3.05) is 34.3 Å². The fourth-order valence-electron chi connectivity index (χ4n) is 2.38. The predicted molar refractivity (Wildman–Crippen MR) is 66.0 cm³/mol. The van der Waals surface area contributed by atoms with Crippen molar-refractivity contribution in [1.82, 2.24) is 10.2 Å². The molecule has 2 rings (SSSR count). The first-order chi connectivity index (χ1) is 7.72. The smallest absolute Gasteiger partial charge is 0.122 e. The van der Waals surface area contributed by atoms with Crippen molar-refractivity contribution in [3.63, 3.8) is 0 Å². The standard InChI is InChI=1S/C13H20N2O/c1-15(2)9-12-10-5-4-6-13(16-3)11(10)7-8-14-12/h4-6,12,14H,7-9H2,1-3H3. The summed E-state index contributed by atoms with van der Waals surface area (Å²) in [4.78, 5) is 2.21. The van der Waals surface area contributed by atoms with Crippen LogP contribution in [0.25, 0.3) is 0 Å². The monoisotopic (exact) mass is 220 g/mol. The van der Waals surface area contributed by atoms with Gasteiger partial charge in [-0.15, -0.1) is 0 Å². The predicted octanol–water partition coefficient (Wildman–Crippen LogP) is 1.44. The lowest BCUT2D eigenvalue weighted by atomic mass is 9.93. The minimum atomic E-state index is 0.425. The minimum Gasteiger partial charge on any atom is -0.496 e. The van der Waals surface area contributed by atoms with Crippen LogP contribution in [0.15, 0.2) is 18.2 Å². The summed E-state index contributed by atoms with van der Waals surface area (Å²) in [5, 5.41) is 3.56. The van der Waals surface area contributed by atoms with E-state index in [9.17, 15) is 0 Å². The van der Waals surface area contributed by atoms with Crippen molar-refractivity contribution < 1.29 is 4.74 Å². The van der Waals surface area contributed by atoms with Crippen LogP contribution >= 0.6 is 0 Å². The average Bonchev–Trinajstić information content (AvgIpc) is 2.28. The first kappa shape index (κ1) is 11.4. The van der Waals surface area contributed by atoms with E-state index in [2.05, 4.69) is 42.5 Å². The van der Waals surface area contributed by atoms with E-state index in [4.69, 9.17) is 4.74 Å². The zero-order valence-electron chi connectivity index (χ0n) is 10.3. The molecule has 0 saturated carbocycles. The summed E-state index contributed by atoms with van der Waals surface area (Å²) in [7, 11) is 5.96. The van der Waals surface area contributed by atoms with Crippen LogP contribution < -0.4 is 10.1 Å². The number of rotatable bonds is 3. The van der Waals surface area contributed by atoms with Gasteiger partial charge in [-0.2, -0.15) is 0 Å². The molecule has 3 heteroatoms. The second kappa shape index (κ2) is 4.85. The zero-order valence-corrected chi connectivity index (χ0v) is 10.3. The van der Waals surface area contributed by atoms with Crippen LogP contribution in [0.2, 0.25) is 0 Å². The van der Waals surface area contributed by atoms with Gasteiger partial charge in [-0.25, -0.2) is 0 Å². The average molecular weight is 220 g/mol. The lowest BCUT2D eigenvalue weighted by Crippen LogP contribution is -2.36. The molecule has 0 radical (unpaired) electrons. The summed E-state index contributed by atoms with van der Waals surface area (Å²) in [6.45, 7) is 2.06. The lowest BCUT2D eigenvalue weighted by Gasteiger charge is -2.30. The Morgan fingerprint density at radius 2 is 2.25 bits per heavy atom. The van der Waals surface area contributed by atoms with Crippen LogP contribution in [-0.2, 0) is 6.42 Å². The number of methoxy groups -OCH3 is 1.